The summed E-state index contributed by atoms with van der Waals surface area (Å²) >= 11 is 0. The zero-order chi connectivity index (χ0) is 20.6. The molecule has 0 amide bonds. The van der Waals surface area contributed by atoms with Crippen LogP contribution in [0.5, 0.6) is 0 Å². The van der Waals surface area contributed by atoms with E-state index >= 15 is 0 Å². The topological polar surface area (TPSA) is 108 Å². The minimum Gasteiger partial charge on any atom is -0.302 e. The summed E-state index contributed by atoms with van der Waals surface area (Å²) in [5, 5.41) is 4.48. The third-order valence-corrected chi connectivity index (χ3v) is 5.97. The van der Waals surface area contributed by atoms with Crippen LogP contribution in [0.25, 0.3) is 5.69 Å². The van der Waals surface area contributed by atoms with Gasteiger partial charge in [-0.2, -0.15) is 5.10 Å². The van der Waals surface area contributed by atoms with Crippen molar-refractivity contribution in [2.45, 2.75) is 25.3 Å². The van der Waals surface area contributed by atoms with Gasteiger partial charge in [-0.25, -0.2) is 22.6 Å². The molecule has 0 aliphatic heterocycles. The van der Waals surface area contributed by atoms with Crippen molar-refractivity contribution in [3.05, 3.63) is 74.3 Å². The molecule has 0 bridgehead atoms. The number of nitrogens with one attached hydrogen (secondary N) is 1. The average Bonchev–Trinajstić information content (AvgIpc) is 2.95. The van der Waals surface area contributed by atoms with Crippen LogP contribution in [0.1, 0.15) is 17.0 Å². The normalized spacial score (nSPS) is 11.7. The number of rotatable bonds is 5. The first kappa shape index (κ1) is 19.8. The number of aryl methyl sites for hydroxylation is 2. The largest absolute Gasteiger partial charge is 0.330 e. The van der Waals surface area contributed by atoms with Crippen molar-refractivity contribution >= 4 is 10.0 Å². The average molecular weight is 403 g/mol. The van der Waals surface area contributed by atoms with Gasteiger partial charge >= 0.3 is 5.69 Å². The van der Waals surface area contributed by atoms with Crippen LogP contribution in [0.3, 0.4) is 0 Å². The third kappa shape index (κ3) is 3.43. The lowest BCUT2D eigenvalue weighted by Crippen LogP contribution is -2.41. The van der Waals surface area contributed by atoms with Crippen molar-refractivity contribution in [3.63, 3.8) is 0 Å². The maximum Gasteiger partial charge on any atom is 0.330 e. The summed E-state index contributed by atoms with van der Waals surface area (Å²) in [6.45, 7) is 3.61. The van der Waals surface area contributed by atoms with Gasteiger partial charge in [0.2, 0.25) is 10.0 Å². The minimum absolute atomic E-state index is 0.0289. The Hall–Kier alpha value is -2.98. The molecule has 0 unspecified atom stereocenters. The Morgan fingerprint density at radius 2 is 1.71 bits per heavy atom. The summed E-state index contributed by atoms with van der Waals surface area (Å²) in [5.41, 5.74) is 1.58. The Bertz CT molecular complexity index is 1250. The summed E-state index contributed by atoms with van der Waals surface area (Å²) in [6.07, 6.45) is 1.03. The maximum atomic E-state index is 12.7. The number of aromatic nitrogens is 4. The molecule has 0 fully saturated rings. The highest BCUT2D eigenvalue weighted by atomic mass is 32.2. The van der Waals surface area contributed by atoms with Crippen LogP contribution in [0.4, 0.5) is 0 Å². The molecule has 0 aliphatic rings. The number of hydrogen-bond acceptors (Lipinski definition) is 5. The van der Waals surface area contributed by atoms with E-state index in [1.54, 1.807) is 11.6 Å². The highest BCUT2D eigenvalue weighted by Crippen LogP contribution is 2.18. The fourth-order valence-electron chi connectivity index (χ4n) is 2.96. The van der Waals surface area contributed by atoms with Crippen molar-refractivity contribution in [2.24, 2.45) is 14.1 Å². The second kappa shape index (κ2) is 7.21. The zero-order valence-corrected chi connectivity index (χ0v) is 16.8. The van der Waals surface area contributed by atoms with E-state index in [-0.39, 0.29) is 6.54 Å². The Labute approximate surface area is 161 Å². The number of hydrogen-bond donors (Lipinski definition) is 1. The van der Waals surface area contributed by atoms with Crippen LogP contribution < -0.4 is 16.0 Å². The highest BCUT2D eigenvalue weighted by molar-refractivity contribution is 7.89. The number of benzene rings is 1. The quantitative estimate of drug-likeness (QED) is 0.662. The summed E-state index contributed by atoms with van der Waals surface area (Å²) in [5.74, 6) is 0. The smallest absolute Gasteiger partial charge is 0.302 e. The van der Waals surface area contributed by atoms with Gasteiger partial charge in [0.05, 0.1) is 11.4 Å². The zero-order valence-electron chi connectivity index (χ0n) is 16.0. The van der Waals surface area contributed by atoms with Crippen molar-refractivity contribution in [1.29, 1.82) is 0 Å². The van der Waals surface area contributed by atoms with E-state index in [2.05, 4.69) is 9.82 Å². The van der Waals surface area contributed by atoms with E-state index in [4.69, 9.17) is 0 Å². The van der Waals surface area contributed by atoms with Gasteiger partial charge in [-0.3, -0.25) is 9.36 Å². The van der Waals surface area contributed by atoms with Crippen molar-refractivity contribution in [3.8, 4) is 5.69 Å². The van der Waals surface area contributed by atoms with Crippen molar-refractivity contribution in [2.75, 3.05) is 0 Å². The minimum atomic E-state index is -4.12. The lowest BCUT2D eigenvalue weighted by Gasteiger charge is -2.10. The van der Waals surface area contributed by atoms with E-state index in [0.717, 1.165) is 26.7 Å². The molecule has 0 spiro atoms. The van der Waals surface area contributed by atoms with Crippen LogP contribution in [0, 0.1) is 13.8 Å². The van der Waals surface area contributed by atoms with Crippen LogP contribution >= 0.6 is 0 Å². The third-order valence-electron chi connectivity index (χ3n) is 4.59. The molecule has 2 aromatic heterocycles. The van der Waals surface area contributed by atoms with Gasteiger partial charge in [0.15, 0.2) is 4.90 Å². The van der Waals surface area contributed by atoms with Gasteiger partial charge < -0.3 is 4.57 Å². The predicted molar refractivity (Wildman–Crippen MR) is 104 cm³/mol. The number of nitrogens with zero attached hydrogens (tertiary/aromatic N) is 4. The fraction of sp³-hybridized carbons (Fsp3) is 0.278. The number of para-hydroxylation sites is 1. The molecule has 0 aliphatic carbocycles. The van der Waals surface area contributed by atoms with Crippen molar-refractivity contribution < 1.29 is 8.42 Å². The van der Waals surface area contributed by atoms with E-state index in [0.29, 0.717) is 11.3 Å². The molecule has 0 saturated heterocycles. The predicted octanol–water partition coefficient (Wildman–Crippen LogP) is 0.365. The van der Waals surface area contributed by atoms with Gasteiger partial charge in [-0.15, -0.1) is 0 Å². The Morgan fingerprint density at radius 1 is 1.07 bits per heavy atom. The molecule has 1 aromatic carbocycles. The lowest BCUT2D eigenvalue weighted by atomic mass is 10.2. The number of sulfonamides is 1. The molecule has 28 heavy (non-hydrogen) atoms. The molecule has 0 atom stereocenters. The van der Waals surface area contributed by atoms with E-state index in [9.17, 15) is 18.0 Å². The summed E-state index contributed by atoms with van der Waals surface area (Å²) in [7, 11) is -1.49. The molecule has 0 saturated carbocycles. The monoisotopic (exact) mass is 403 g/mol. The van der Waals surface area contributed by atoms with Crippen LogP contribution in [0.15, 0.2) is 51.0 Å². The standard InChI is InChI=1S/C18H21N5O4S/c1-12-15(13(2)23(20-12)14-8-6-5-7-9-14)10-19-28(26,27)16-11-21(3)18(25)22(4)17(16)24/h5-9,11,19H,10H2,1-4H3. The Kier molecular flexibility index (Phi) is 5.09. The van der Waals surface area contributed by atoms with Gasteiger partial charge in [-0.1, -0.05) is 18.2 Å². The first-order valence-corrected chi connectivity index (χ1v) is 9.98. The first-order valence-electron chi connectivity index (χ1n) is 8.50. The Balaban J connectivity index is 1.94. The highest BCUT2D eigenvalue weighted by Gasteiger charge is 2.22. The second-order valence-electron chi connectivity index (χ2n) is 6.47. The molecule has 148 valence electrons. The molecule has 10 heteroatoms. The second-order valence-corrected chi connectivity index (χ2v) is 8.21. The van der Waals surface area contributed by atoms with Gasteiger partial charge in [0.25, 0.3) is 5.56 Å². The molecular weight excluding hydrogens is 382 g/mol. The van der Waals surface area contributed by atoms with E-state index in [1.807, 2.05) is 37.3 Å². The molecule has 2 heterocycles. The maximum absolute atomic E-state index is 12.7. The first-order chi connectivity index (χ1) is 13.1. The van der Waals surface area contributed by atoms with Gasteiger partial charge in [0.1, 0.15) is 0 Å². The van der Waals surface area contributed by atoms with E-state index in [1.165, 1.54) is 14.1 Å². The summed E-state index contributed by atoms with van der Waals surface area (Å²) in [4.78, 5) is 23.5. The molecular formula is C18H21N5O4S. The van der Waals surface area contributed by atoms with Crippen LogP contribution in [-0.4, -0.2) is 27.3 Å². The van der Waals surface area contributed by atoms with Gasteiger partial charge in [-0.05, 0) is 26.0 Å². The van der Waals surface area contributed by atoms with E-state index < -0.39 is 26.2 Å². The van der Waals surface area contributed by atoms with Crippen LogP contribution in [-0.2, 0) is 30.7 Å². The molecule has 9 nitrogen and oxygen atoms in total. The lowest BCUT2D eigenvalue weighted by molar-refractivity contribution is 0.570. The SMILES string of the molecule is Cc1nn(-c2ccccc2)c(C)c1CNS(=O)(=O)c1cn(C)c(=O)n(C)c1=O. The molecule has 3 aromatic rings. The molecule has 1 N–H and O–H groups in total. The van der Waals surface area contributed by atoms with Gasteiger partial charge in [0, 0.05) is 38.1 Å². The summed E-state index contributed by atoms with van der Waals surface area (Å²) < 4.78 is 31.3. The Morgan fingerprint density at radius 3 is 2.36 bits per heavy atom. The van der Waals surface area contributed by atoms with Crippen molar-refractivity contribution in [1.82, 2.24) is 23.6 Å². The molecule has 0 radical (unpaired) electrons. The fourth-order valence-corrected chi connectivity index (χ4v) is 4.11. The van der Waals surface area contributed by atoms with Crippen LogP contribution in [0.2, 0.25) is 0 Å². The molecule has 3 rings (SSSR count). The summed E-state index contributed by atoms with van der Waals surface area (Å²) in [6, 6.07) is 9.49.